The van der Waals surface area contributed by atoms with Crippen LogP contribution in [-0.4, -0.2) is 41.3 Å². The zero-order valence-corrected chi connectivity index (χ0v) is 11.1. The Labute approximate surface area is 105 Å². The number of aliphatic hydroxyl groups is 1. The molecule has 4 atom stereocenters. The fourth-order valence-electron chi connectivity index (χ4n) is 3.67. The first-order valence-corrected chi connectivity index (χ1v) is 7.40. The molecule has 1 heterocycles. The number of hydrogen-bond donors (Lipinski definition) is 2. The number of piperidine rings is 1. The molecule has 0 spiro atoms. The number of nitrogens with zero attached hydrogens (tertiary/aromatic N) is 1. The van der Waals surface area contributed by atoms with Gasteiger partial charge in [0, 0.05) is 18.6 Å². The molecule has 0 aromatic rings. The highest BCUT2D eigenvalue weighted by molar-refractivity contribution is 4.91. The van der Waals surface area contributed by atoms with Crippen molar-refractivity contribution in [3.63, 3.8) is 0 Å². The van der Waals surface area contributed by atoms with E-state index in [2.05, 4.69) is 11.8 Å². The Hall–Kier alpha value is -0.120. The largest absolute Gasteiger partial charge is 0.391 e. The van der Waals surface area contributed by atoms with Crippen LogP contribution < -0.4 is 5.73 Å². The van der Waals surface area contributed by atoms with Crippen molar-refractivity contribution < 1.29 is 5.11 Å². The first kappa shape index (κ1) is 13.3. The molecule has 100 valence electrons. The SMILES string of the molecule is CCC1CCN(C2CCCCC2O)C(CN)C1. The van der Waals surface area contributed by atoms with Gasteiger partial charge in [0.2, 0.25) is 0 Å². The minimum Gasteiger partial charge on any atom is -0.391 e. The molecule has 4 unspecified atom stereocenters. The van der Waals surface area contributed by atoms with Crippen LogP contribution in [0, 0.1) is 5.92 Å². The molecule has 2 rings (SSSR count). The van der Waals surface area contributed by atoms with E-state index in [0.29, 0.717) is 12.1 Å². The molecule has 2 aliphatic rings. The van der Waals surface area contributed by atoms with E-state index in [1.54, 1.807) is 0 Å². The van der Waals surface area contributed by atoms with Crippen molar-refractivity contribution in [2.75, 3.05) is 13.1 Å². The summed E-state index contributed by atoms with van der Waals surface area (Å²) in [4.78, 5) is 2.52. The lowest BCUT2D eigenvalue weighted by Gasteiger charge is -2.46. The average Bonchev–Trinajstić information content (AvgIpc) is 2.38. The van der Waals surface area contributed by atoms with Crippen molar-refractivity contribution in [1.29, 1.82) is 0 Å². The summed E-state index contributed by atoms with van der Waals surface area (Å²) < 4.78 is 0. The Morgan fingerprint density at radius 3 is 2.65 bits per heavy atom. The molecule has 1 aliphatic heterocycles. The van der Waals surface area contributed by atoms with Gasteiger partial charge in [-0.2, -0.15) is 0 Å². The summed E-state index contributed by atoms with van der Waals surface area (Å²) in [5, 5.41) is 10.2. The van der Waals surface area contributed by atoms with Crippen molar-refractivity contribution in [3.05, 3.63) is 0 Å². The van der Waals surface area contributed by atoms with Gasteiger partial charge >= 0.3 is 0 Å². The second-order valence-electron chi connectivity index (χ2n) is 5.85. The van der Waals surface area contributed by atoms with Crippen LogP contribution in [0.3, 0.4) is 0 Å². The fraction of sp³-hybridized carbons (Fsp3) is 1.00. The van der Waals surface area contributed by atoms with Gasteiger partial charge in [0.25, 0.3) is 0 Å². The Kier molecular flexibility index (Phi) is 4.83. The molecule has 0 radical (unpaired) electrons. The number of nitrogens with two attached hydrogens (primary N) is 1. The van der Waals surface area contributed by atoms with Crippen LogP contribution in [0.15, 0.2) is 0 Å². The van der Waals surface area contributed by atoms with Crippen LogP contribution in [0.1, 0.15) is 51.9 Å². The van der Waals surface area contributed by atoms with Gasteiger partial charge in [0.1, 0.15) is 0 Å². The van der Waals surface area contributed by atoms with Crippen molar-refractivity contribution in [3.8, 4) is 0 Å². The maximum Gasteiger partial charge on any atom is 0.0695 e. The zero-order valence-electron chi connectivity index (χ0n) is 11.1. The smallest absolute Gasteiger partial charge is 0.0695 e. The zero-order chi connectivity index (χ0) is 12.3. The van der Waals surface area contributed by atoms with Gasteiger partial charge in [0.05, 0.1) is 6.10 Å². The van der Waals surface area contributed by atoms with Gasteiger partial charge in [-0.05, 0) is 38.1 Å². The van der Waals surface area contributed by atoms with Crippen LogP contribution in [0.5, 0.6) is 0 Å². The van der Waals surface area contributed by atoms with E-state index in [-0.39, 0.29) is 6.10 Å². The van der Waals surface area contributed by atoms with Crippen LogP contribution in [-0.2, 0) is 0 Å². The highest BCUT2D eigenvalue weighted by Crippen LogP contribution is 2.31. The second kappa shape index (κ2) is 6.17. The molecule has 3 nitrogen and oxygen atoms in total. The summed E-state index contributed by atoms with van der Waals surface area (Å²) in [6.45, 7) is 4.17. The lowest BCUT2D eigenvalue weighted by Crippen LogP contribution is -2.55. The molecule has 0 amide bonds. The van der Waals surface area contributed by atoms with Gasteiger partial charge < -0.3 is 10.8 Å². The van der Waals surface area contributed by atoms with Crippen molar-refractivity contribution in [2.24, 2.45) is 11.7 Å². The molecule has 1 saturated carbocycles. The number of likely N-dealkylation sites (tertiary alicyclic amines) is 1. The van der Waals surface area contributed by atoms with Crippen molar-refractivity contribution in [1.82, 2.24) is 4.90 Å². The normalized spacial score (nSPS) is 40.4. The topological polar surface area (TPSA) is 49.5 Å². The monoisotopic (exact) mass is 240 g/mol. The number of aliphatic hydroxyl groups excluding tert-OH is 1. The van der Waals surface area contributed by atoms with Crippen molar-refractivity contribution >= 4 is 0 Å². The lowest BCUT2D eigenvalue weighted by atomic mass is 9.84. The summed E-state index contributed by atoms with van der Waals surface area (Å²) in [6.07, 6.45) is 8.29. The predicted molar refractivity (Wildman–Crippen MR) is 70.8 cm³/mol. The van der Waals surface area contributed by atoms with Crippen molar-refractivity contribution in [2.45, 2.75) is 70.1 Å². The van der Waals surface area contributed by atoms with E-state index in [0.717, 1.165) is 31.8 Å². The maximum absolute atomic E-state index is 10.2. The summed E-state index contributed by atoms with van der Waals surface area (Å²) in [5.41, 5.74) is 5.94. The third-order valence-electron chi connectivity index (χ3n) is 4.84. The lowest BCUT2D eigenvalue weighted by molar-refractivity contribution is -0.0226. The summed E-state index contributed by atoms with van der Waals surface area (Å²) in [6, 6.07) is 0.890. The molecule has 2 fully saturated rings. The van der Waals surface area contributed by atoms with Gasteiger partial charge in [-0.3, -0.25) is 4.90 Å². The van der Waals surface area contributed by atoms with Gasteiger partial charge in [-0.15, -0.1) is 0 Å². The quantitative estimate of drug-likeness (QED) is 0.790. The highest BCUT2D eigenvalue weighted by Gasteiger charge is 2.35. The summed E-state index contributed by atoms with van der Waals surface area (Å²) in [7, 11) is 0. The predicted octanol–water partition coefficient (Wildman–Crippen LogP) is 1.74. The summed E-state index contributed by atoms with van der Waals surface area (Å²) in [5.74, 6) is 0.848. The maximum atomic E-state index is 10.2. The molecule has 0 bridgehead atoms. The third-order valence-corrected chi connectivity index (χ3v) is 4.84. The van der Waals surface area contributed by atoms with Crippen LogP contribution in [0.25, 0.3) is 0 Å². The van der Waals surface area contributed by atoms with E-state index in [9.17, 15) is 5.11 Å². The second-order valence-corrected chi connectivity index (χ2v) is 5.85. The van der Waals surface area contributed by atoms with Gasteiger partial charge in [-0.1, -0.05) is 26.2 Å². The molecule has 1 saturated heterocycles. The minimum absolute atomic E-state index is 0.115. The summed E-state index contributed by atoms with van der Waals surface area (Å²) >= 11 is 0. The molecule has 0 aromatic heterocycles. The molecule has 3 heteroatoms. The molecule has 0 aromatic carbocycles. The Balaban J connectivity index is 1.98. The molecule has 17 heavy (non-hydrogen) atoms. The fourth-order valence-corrected chi connectivity index (χ4v) is 3.67. The Morgan fingerprint density at radius 2 is 2.00 bits per heavy atom. The van der Waals surface area contributed by atoms with Crippen LogP contribution in [0.4, 0.5) is 0 Å². The average molecular weight is 240 g/mol. The minimum atomic E-state index is -0.115. The van der Waals surface area contributed by atoms with E-state index in [4.69, 9.17) is 5.73 Å². The third kappa shape index (κ3) is 3.01. The Bertz CT molecular complexity index is 234. The number of rotatable bonds is 3. The number of hydrogen-bond acceptors (Lipinski definition) is 3. The van der Waals surface area contributed by atoms with Gasteiger partial charge in [0.15, 0.2) is 0 Å². The molecular weight excluding hydrogens is 212 g/mol. The van der Waals surface area contributed by atoms with Crippen LogP contribution in [0.2, 0.25) is 0 Å². The molecule has 3 N–H and O–H groups in total. The van der Waals surface area contributed by atoms with E-state index < -0.39 is 0 Å². The Morgan fingerprint density at radius 1 is 1.24 bits per heavy atom. The van der Waals surface area contributed by atoms with E-state index >= 15 is 0 Å². The standard InChI is InChI=1S/C14H28N2O/c1-2-11-7-8-16(12(9-11)10-15)13-5-3-4-6-14(13)17/h11-14,17H,2-10,15H2,1H3. The van der Waals surface area contributed by atoms with E-state index in [1.807, 2.05) is 0 Å². The first-order chi connectivity index (χ1) is 8.26. The van der Waals surface area contributed by atoms with E-state index in [1.165, 1.54) is 32.1 Å². The van der Waals surface area contributed by atoms with Crippen LogP contribution >= 0.6 is 0 Å². The first-order valence-electron chi connectivity index (χ1n) is 7.40. The molecular formula is C14H28N2O. The highest BCUT2D eigenvalue weighted by atomic mass is 16.3. The molecule has 1 aliphatic carbocycles. The van der Waals surface area contributed by atoms with Gasteiger partial charge in [-0.25, -0.2) is 0 Å².